The minimum atomic E-state index is -2.91. The molecule has 0 spiro atoms. The Morgan fingerprint density at radius 1 is 1.47 bits per heavy atom. The quantitative estimate of drug-likeness (QED) is 0.755. The van der Waals surface area contributed by atoms with E-state index in [4.69, 9.17) is 0 Å². The molecular formula is C11H23NO2S. The third-order valence-electron chi connectivity index (χ3n) is 3.38. The second-order valence-electron chi connectivity index (χ2n) is 5.17. The van der Waals surface area contributed by atoms with Crippen molar-refractivity contribution in [1.29, 1.82) is 0 Å². The lowest BCUT2D eigenvalue weighted by atomic mass is 10.2. The third-order valence-corrected chi connectivity index (χ3v) is 5.51. The van der Waals surface area contributed by atoms with Gasteiger partial charge in [-0.2, -0.15) is 0 Å². The summed E-state index contributed by atoms with van der Waals surface area (Å²) in [5.41, 5.74) is 0. The normalized spacial score (nSPS) is 30.9. The molecule has 90 valence electrons. The number of hydrogen-bond donors (Lipinski definition) is 1. The van der Waals surface area contributed by atoms with E-state index in [9.17, 15) is 8.42 Å². The zero-order chi connectivity index (χ0) is 11.7. The van der Waals surface area contributed by atoms with E-state index in [0.29, 0.717) is 18.4 Å². The molecule has 1 fully saturated rings. The van der Waals surface area contributed by atoms with Crippen LogP contribution in [0.1, 0.15) is 33.6 Å². The van der Waals surface area contributed by atoms with Crippen LogP contribution in [0.2, 0.25) is 0 Å². The molecule has 1 aliphatic carbocycles. The van der Waals surface area contributed by atoms with E-state index in [0.717, 1.165) is 19.4 Å². The van der Waals surface area contributed by atoms with E-state index in [2.05, 4.69) is 26.1 Å². The first-order valence-corrected chi connectivity index (χ1v) is 7.63. The summed E-state index contributed by atoms with van der Waals surface area (Å²) < 4.78 is 23.0. The van der Waals surface area contributed by atoms with Crippen molar-refractivity contribution in [2.45, 2.75) is 38.4 Å². The second kappa shape index (κ2) is 4.42. The van der Waals surface area contributed by atoms with Gasteiger partial charge in [0.15, 0.2) is 9.84 Å². The third kappa shape index (κ3) is 2.72. The van der Waals surface area contributed by atoms with Gasteiger partial charge in [0.2, 0.25) is 0 Å². The van der Waals surface area contributed by atoms with Crippen molar-refractivity contribution in [3.05, 3.63) is 0 Å². The highest BCUT2D eigenvalue weighted by molar-refractivity contribution is 7.92. The molecule has 1 aliphatic rings. The van der Waals surface area contributed by atoms with Gasteiger partial charge in [0.1, 0.15) is 0 Å². The number of rotatable bonds is 6. The molecule has 0 amide bonds. The Morgan fingerprint density at radius 2 is 2.07 bits per heavy atom. The van der Waals surface area contributed by atoms with Gasteiger partial charge >= 0.3 is 0 Å². The van der Waals surface area contributed by atoms with Crippen molar-refractivity contribution in [3.63, 3.8) is 0 Å². The van der Waals surface area contributed by atoms with Crippen molar-refractivity contribution in [2.24, 2.45) is 11.8 Å². The van der Waals surface area contributed by atoms with E-state index < -0.39 is 14.6 Å². The Bertz CT molecular complexity index is 311. The van der Waals surface area contributed by atoms with Gasteiger partial charge in [0, 0.05) is 12.8 Å². The summed E-state index contributed by atoms with van der Waals surface area (Å²) >= 11 is 0. The fourth-order valence-electron chi connectivity index (χ4n) is 2.25. The zero-order valence-electron chi connectivity index (χ0n) is 10.2. The Hall–Kier alpha value is -0.0900. The Morgan fingerprint density at radius 3 is 2.40 bits per heavy atom. The topological polar surface area (TPSA) is 46.2 Å². The van der Waals surface area contributed by atoms with Gasteiger partial charge < -0.3 is 5.32 Å². The van der Waals surface area contributed by atoms with Crippen molar-refractivity contribution in [3.8, 4) is 0 Å². The molecule has 0 aliphatic heterocycles. The summed E-state index contributed by atoms with van der Waals surface area (Å²) in [7, 11) is -2.91. The molecule has 1 saturated carbocycles. The molecule has 0 aromatic rings. The van der Waals surface area contributed by atoms with E-state index >= 15 is 0 Å². The zero-order valence-corrected chi connectivity index (χ0v) is 11.0. The number of sulfone groups is 1. The molecule has 0 saturated heterocycles. The Kier molecular flexibility index (Phi) is 3.82. The van der Waals surface area contributed by atoms with Crippen LogP contribution in [0.3, 0.4) is 0 Å². The number of nitrogens with one attached hydrogen (secondary N) is 1. The fourth-order valence-corrected chi connectivity index (χ4v) is 3.89. The van der Waals surface area contributed by atoms with Crippen LogP contribution in [-0.2, 0) is 9.84 Å². The molecule has 0 bridgehead atoms. The van der Waals surface area contributed by atoms with Gasteiger partial charge in [-0.25, -0.2) is 8.42 Å². The first kappa shape index (κ1) is 13.0. The maximum absolute atomic E-state index is 11.7. The lowest BCUT2D eigenvalue weighted by Gasteiger charge is -2.17. The first-order chi connectivity index (χ1) is 6.83. The summed E-state index contributed by atoms with van der Waals surface area (Å²) in [6, 6.07) is 0. The van der Waals surface area contributed by atoms with E-state index in [1.54, 1.807) is 0 Å². The lowest BCUT2D eigenvalue weighted by Crippen LogP contribution is -2.38. The summed E-state index contributed by atoms with van der Waals surface area (Å²) in [5.74, 6) is 0.938. The van der Waals surface area contributed by atoms with Crippen molar-refractivity contribution in [2.75, 3.05) is 19.3 Å². The molecule has 0 aromatic heterocycles. The highest BCUT2D eigenvalue weighted by Gasteiger charge is 2.60. The summed E-state index contributed by atoms with van der Waals surface area (Å²) in [6.45, 7) is 7.85. The van der Waals surface area contributed by atoms with Gasteiger partial charge in [0.05, 0.1) is 4.75 Å². The van der Waals surface area contributed by atoms with Crippen LogP contribution in [0, 0.1) is 11.8 Å². The molecule has 0 aromatic carbocycles. The molecule has 1 rings (SSSR count). The van der Waals surface area contributed by atoms with Crippen LogP contribution in [0.4, 0.5) is 0 Å². The fraction of sp³-hybridized carbons (Fsp3) is 1.00. The van der Waals surface area contributed by atoms with Crippen LogP contribution in [-0.4, -0.2) is 32.5 Å². The van der Waals surface area contributed by atoms with Crippen molar-refractivity contribution < 1.29 is 8.42 Å². The predicted octanol–water partition coefficient (Wildman–Crippen LogP) is 1.45. The molecule has 0 heterocycles. The summed E-state index contributed by atoms with van der Waals surface area (Å²) in [5, 5.41) is 3.28. The SMILES string of the molecule is CCC1CC1(CNCC(C)C)S(C)(=O)=O. The highest BCUT2D eigenvalue weighted by atomic mass is 32.2. The molecule has 4 heteroatoms. The molecule has 0 radical (unpaired) electrons. The largest absolute Gasteiger partial charge is 0.315 e. The van der Waals surface area contributed by atoms with E-state index in [1.165, 1.54) is 6.26 Å². The minimum absolute atomic E-state index is 0.368. The van der Waals surface area contributed by atoms with Crippen molar-refractivity contribution >= 4 is 9.84 Å². The van der Waals surface area contributed by atoms with Gasteiger partial charge in [0.25, 0.3) is 0 Å². The molecular weight excluding hydrogens is 210 g/mol. The average molecular weight is 233 g/mol. The number of hydrogen-bond acceptors (Lipinski definition) is 3. The van der Waals surface area contributed by atoms with Gasteiger partial charge in [-0.05, 0) is 24.8 Å². The smallest absolute Gasteiger partial charge is 0.154 e. The van der Waals surface area contributed by atoms with E-state index in [-0.39, 0.29) is 0 Å². The Balaban J connectivity index is 2.55. The first-order valence-electron chi connectivity index (χ1n) is 5.74. The van der Waals surface area contributed by atoms with Crippen LogP contribution in [0.5, 0.6) is 0 Å². The average Bonchev–Trinajstić information content (AvgIpc) is 2.78. The molecule has 2 unspecified atom stereocenters. The van der Waals surface area contributed by atoms with Gasteiger partial charge in [-0.3, -0.25) is 0 Å². The summed E-state index contributed by atoms with van der Waals surface area (Å²) in [6.07, 6.45) is 3.18. The van der Waals surface area contributed by atoms with Crippen LogP contribution >= 0.6 is 0 Å². The predicted molar refractivity (Wildman–Crippen MR) is 63.7 cm³/mol. The molecule has 3 nitrogen and oxygen atoms in total. The Labute approximate surface area is 93.6 Å². The van der Waals surface area contributed by atoms with Crippen molar-refractivity contribution in [1.82, 2.24) is 5.32 Å². The van der Waals surface area contributed by atoms with Crippen LogP contribution in [0.25, 0.3) is 0 Å². The lowest BCUT2D eigenvalue weighted by molar-refractivity contribution is 0.511. The monoisotopic (exact) mass is 233 g/mol. The maximum atomic E-state index is 11.7. The second-order valence-corrected chi connectivity index (χ2v) is 7.53. The van der Waals surface area contributed by atoms with Crippen LogP contribution < -0.4 is 5.32 Å². The maximum Gasteiger partial charge on any atom is 0.154 e. The standard InChI is InChI=1S/C11H23NO2S/c1-5-10-6-11(10,15(4,13)14)8-12-7-9(2)3/h9-10,12H,5-8H2,1-4H3. The molecule has 2 atom stereocenters. The van der Waals surface area contributed by atoms with Gasteiger partial charge in [-0.1, -0.05) is 27.2 Å². The van der Waals surface area contributed by atoms with E-state index in [1.807, 2.05) is 0 Å². The summed E-state index contributed by atoms with van der Waals surface area (Å²) in [4.78, 5) is 0. The highest BCUT2D eigenvalue weighted by Crippen LogP contribution is 2.51. The van der Waals surface area contributed by atoms with Gasteiger partial charge in [-0.15, -0.1) is 0 Å². The van der Waals surface area contributed by atoms with Crippen LogP contribution in [0.15, 0.2) is 0 Å². The minimum Gasteiger partial charge on any atom is -0.315 e. The molecule has 1 N–H and O–H groups in total. The molecule has 15 heavy (non-hydrogen) atoms.